The number of hydrogen-bond donors (Lipinski definition) is 3. The molecule has 2 amide bonds. The van der Waals surface area contributed by atoms with Gasteiger partial charge in [0.25, 0.3) is 0 Å². The van der Waals surface area contributed by atoms with Crippen molar-refractivity contribution in [3.63, 3.8) is 0 Å². The lowest BCUT2D eigenvalue weighted by Gasteiger charge is -2.17. The maximum atomic E-state index is 11.8. The molecule has 22 heavy (non-hydrogen) atoms. The Morgan fingerprint density at radius 3 is 2.68 bits per heavy atom. The number of hydrogen-bond acceptors (Lipinski definition) is 3. The molecule has 0 radical (unpaired) electrons. The third-order valence-corrected chi connectivity index (χ3v) is 3.31. The van der Waals surface area contributed by atoms with E-state index < -0.39 is 0 Å². The van der Waals surface area contributed by atoms with Crippen LogP contribution in [0.2, 0.25) is 0 Å². The van der Waals surface area contributed by atoms with Gasteiger partial charge in [0.1, 0.15) is 5.75 Å². The number of rotatable bonds is 8. The third kappa shape index (κ3) is 6.80. The number of ether oxygens (including phenoxy) is 1. The minimum absolute atomic E-state index is 0.117. The second-order valence-electron chi connectivity index (χ2n) is 5.71. The first kappa shape index (κ1) is 18.3. The Hall–Kier alpha value is -1.75. The van der Waals surface area contributed by atoms with Crippen LogP contribution >= 0.6 is 0 Å². The van der Waals surface area contributed by atoms with Crippen LogP contribution in [0.5, 0.6) is 5.75 Å². The maximum absolute atomic E-state index is 11.8. The zero-order valence-electron chi connectivity index (χ0n) is 13.9. The summed E-state index contributed by atoms with van der Waals surface area (Å²) in [6.07, 6.45) is 1.02. The Labute approximate surface area is 133 Å². The highest BCUT2D eigenvalue weighted by Crippen LogP contribution is 2.19. The number of benzene rings is 1. The summed E-state index contributed by atoms with van der Waals surface area (Å²) in [6, 6.07) is 7.37. The van der Waals surface area contributed by atoms with Gasteiger partial charge in [0.2, 0.25) is 0 Å². The zero-order valence-corrected chi connectivity index (χ0v) is 13.9. The van der Waals surface area contributed by atoms with Gasteiger partial charge in [0.15, 0.2) is 0 Å². The van der Waals surface area contributed by atoms with Gasteiger partial charge >= 0.3 is 6.03 Å². The number of nitrogens with one attached hydrogen (secondary N) is 2. The maximum Gasteiger partial charge on any atom is 0.315 e. The Kier molecular flexibility index (Phi) is 7.74. The molecular formula is C17H28N2O3. The summed E-state index contributed by atoms with van der Waals surface area (Å²) in [5, 5.41) is 15.1. The van der Waals surface area contributed by atoms with Gasteiger partial charge < -0.3 is 20.5 Å². The van der Waals surface area contributed by atoms with E-state index in [-0.39, 0.29) is 24.3 Å². The lowest BCUT2D eigenvalue weighted by molar-refractivity contribution is 0.160. The number of carbonyl (C=O) groups excluding carboxylic acids is 1. The minimum Gasteiger partial charge on any atom is -0.491 e. The topological polar surface area (TPSA) is 70.6 Å². The van der Waals surface area contributed by atoms with E-state index >= 15 is 0 Å². The monoisotopic (exact) mass is 308 g/mol. The van der Waals surface area contributed by atoms with Crippen LogP contribution in [0, 0.1) is 0 Å². The smallest absolute Gasteiger partial charge is 0.315 e. The van der Waals surface area contributed by atoms with Crippen LogP contribution in [0.1, 0.15) is 52.1 Å². The largest absolute Gasteiger partial charge is 0.491 e. The van der Waals surface area contributed by atoms with Crippen molar-refractivity contribution in [3.05, 3.63) is 29.8 Å². The molecule has 0 fully saturated rings. The first-order valence-electron chi connectivity index (χ1n) is 7.91. The summed E-state index contributed by atoms with van der Waals surface area (Å²) in [6.45, 7) is 8.26. The van der Waals surface area contributed by atoms with Crippen LogP contribution in [0.4, 0.5) is 4.79 Å². The number of urea groups is 1. The molecule has 1 aromatic carbocycles. The van der Waals surface area contributed by atoms with E-state index in [9.17, 15) is 9.90 Å². The molecule has 0 saturated heterocycles. The van der Waals surface area contributed by atoms with Crippen LogP contribution in [-0.2, 0) is 0 Å². The van der Waals surface area contributed by atoms with Gasteiger partial charge in [0.05, 0.1) is 18.2 Å². The van der Waals surface area contributed by atoms with Gasteiger partial charge in [-0.3, -0.25) is 0 Å². The van der Waals surface area contributed by atoms with E-state index in [4.69, 9.17) is 4.74 Å². The first-order chi connectivity index (χ1) is 10.4. The number of aliphatic hydroxyl groups is 1. The van der Waals surface area contributed by atoms with Crippen molar-refractivity contribution in [2.24, 2.45) is 0 Å². The fraction of sp³-hybridized carbons (Fsp3) is 0.588. The molecule has 0 aliphatic heterocycles. The molecule has 2 atom stereocenters. The second-order valence-corrected chi connectivity index (χ2v) is 5.71. The van der Waals surface area contributed by atoms with E-state index in [0.717, 1.165) is 11.3 Å². The molecule has 1 aromatic rings. The highest BCUT2D eigenvalue weighted by atomic mass is 16.5. The standard InChI is InChI=1S/C17H28N2O3/c1-5-15(20)9-10-18-17(21)19-13(4)14-7-6-8-16(11-14)22-12(2)3/h6-8,11-13,15,20H,5,9-10H2,1-4H3,(H2,18,19,21). The average Bonchev–Trinajstić information content (AvgIpc) is 2.46. The Bertz CT molecular complexity index is 463. The van der Waals surface area contributed by atoms with Gasteiger partial charge in [-0.15, -0.1) is 0 Å². The van der Waals surface area contributed by atoms with Gasteiger partial charge in [0, 0.05) is 6.54 Å². The molecule has 0 aliphatic rings. The molecule has 0 aliphatic carbocycles. The third-order valence-electron chi connectivity index (χ3n) is 3.31. The molecule has 5 nitrogen and oxygen atoms in total. The normalized spacial score (nSPS) is 13.5. The van der Waals surface area contributed by atoms with E-state index in [1.165, 1.54) is 0 Å². The number of aliphatic hydroxyl groups excluding tert-OH is 1. The van der Waals surface area contributed by atoms with Crippen LogP contribution < -0.4 is 15.4 Å². The fourth-order valence-corrected chi connectivity index (χ4v) is 2.02. The van der Waals surface area contributed by atoms with E-state index in [1.54, 1.807) is 0 Å². The van der Waals surface area contributed by atoms with Gasteiger partial charge in [-0.2, -0.15) is 0 Å². The zero-order chi connectivity index (χ0) is 16.5. The van der Waals surface area contributed by atoms with E-state index in [1.807, 2.05) is 52.0 Å². The Morgan fingerprint density at radius 2 is 2.05 bits per heavy atom. The molecule has 1 rings (SSSR count). The summed E-state index contributed by atoms with van der Waals surface area (Å²) in [7, 11) is 0. The molecule has 0 heterocycles. The van der Waals surface area contributed by atoms with Crippen molar-refractivity contribution in [1.82, 2.24) is 10.6 Å². The van der Waals surface area contributed by atoms with Crippen molar-refractivity contribution in [1.29, 1.82) is 0 Å². The summed E-state index contributed by atoms with van der Waals surface area (Å²) < 4.78 is 5.66. The SMILES string of the molecule is CCC(O)CCNC(=O)NC(C)c1cccc(OC(C)C)c1. The molecule has 0 bridgehead atoms. The van der Waals surface area contributed by atoms with Gasteiger partial charge in [-0.25, -0.2) is 4.79 Å². The first-order valence-corrected chi connectivity index (χ1v) is 7.91. The predicted molar refractivity (Wildman–Crippen MR) is 88.1 cm³/mol. The van der Waals surface area contributed by atoms with Gasteiger partial charge in [-0.05, 0) is 51.3 Å². The molecular weight excluding hydrogens is 280 g/mol. The van der Waals surface area contributed by atoms with Crippen LogP contribution in [0.15, 0.2) is 24.3 Å². The van der Waals surface area contributed by atoms with Crippen molar-refractivity contribution in [3.8, 4) is 5.75 Å². The molecule has 3 N–H and O–H groups in total. The average molecular weight is 308 g/mol. The van der Waals surface area contributed by atoms with E-state index in [2.05, 4.69) is 10.6 Å². The van der Waals surface area contributed by atoms with Crippen molar-refractivity contribution in [2.75, 3.05) is 6.54 Å². The Morgan fingerprint density at radius 1 is 1.32 bits per heavy atom. The summed E-state index contributed by atoms with van der Waals surface area (Å²) in [5.41, 5.74) is 0.988. The summed E-state index contributed by atoms with van der Waals surface area (Å²) in [5.74, 6) is 0.799. The lowest BCUT2D eigenvalue weighted by Crippen LogP contribution is -2.38. The van der Waals surface area contributed by atoms with Crippen molar-refractivity contribution in [2.45, 2.75) is 58.8 Å². The molecule has 0 aromatic heterocycles. The second kappa shape index (κ2) is 9.30. The molecule has 5 heteroatoms. The highest BCUT2D eigenvalue weighted by Gasteiger charge is 2.11. The number of carbonyl (C=O) groups is 1. The fourth-order valence-electron chi connectivity index (χ4n) is 2.02. The predicted octanol–water partition coefficient (Wildman–Crippen LogP) is 3.00. The molecule has 124 valence electrons. The van der Waals surface area contributed by atoms with Gasteiger partial charge in [-0.1, -0.05) is 19.1 Å². The summed E-state index contributed by atoms with van der Waals surface area (Å²) in [4.78, 5) is 11.8. The minimum atomic E-state index is -0.359. The summed E-state index contributed by atoms with van der Waals surface area (Å²) >= 11 is 0. The van der Waals surface area contributed by atoms with Crippen molar-refractivity contribution >= 4 is 6.03 Å². The van der Waals surface area contributed by atoms with E-state index in [0.29, 0.717) is 19.4 Å². The van der Waals surface area contributed by atoms with Crippen LogP contribution in [-0.4, -0.2) is 29.9 Å². The Balaban J connectivity index is 2.47. The molecule has 2 unspecified atom stereocenters. The highest BCUT2D eigenvalue weighted by molar-refractivity contribution is 5.74. The quantitative estimate of drug-likeness (QED) is 0.691. The molecule has 0 saturated carbocycles. The van der Waals surface area contributed by atoms with Crippen molar-refractivity contribution < 1.29 is 14.6 Å². The number of amides is 2. The van der Waals surface area contributed by atoms with Crippen LogP contribution in [0.3, 0.4) is 0 Å². The lowest BCUT2D eigenvalue weighted by atomic mass is 10.1. The molecule has 0 spiro atoms. The van der Waals surface area contributed by atoms with Crippen LogP contribution in [0.25, 0.3) is 0 Å².